The van der Waals surface area contributed by atoms with E-state index < -0.39 is 27.8 Å². The summed E-state index contributed by atoms with van der Waals surface area (Å²) in [5.74, 6) is -1.38. The Labute approximate surface area is 121 Å². The van der Waals surface area contributed by atoms with Crippen LogP contribution in [0.15, 0.2) is 4.52 Å². The molecule has 10 heteroatoms. The normalized spacial score (nSPS) is 12.9. The van der Waals surface area contributed by atoms with E-state index in [9.17, 15) is 18.0 Å². The minimum Gasteiger partial charge on any atom is -0.480 e. The van der Waals surface area contributed by atoms with Gasteiger partial charge in [0.25, 0.3) is 0 Å². The number of sulfone groups is 1. The largest absolute Gasteiger partial charge is 0.480 e. The van der Waals surface area contributed by atoms with Gasteiger partial charge in [0.2, 0.25) is 11.8 Å². The number of rotatable bonds is 8. The first-order valence-electron chi connectivity index (χ1n) is 6.16. The van der Waals surface area contributed by atoms with E-state index in [0.717, 1.165) is 6.26 Å². The molecule has 1 heterocycles. The maximum atomic E-state index is 11.6. The van der Waals surface area contributed by atoms with E-state index in [1.165, 1.54) is 0 Å². The molecule has 1 aromatic heterocycles. The molecular formula is C11H17N3O6S. The van der Waals surface area contributed by atoms with Gasteiger partial charge in [-0.05, 0) is 13.3 Å². The van der Waals surface area contributed by atoms with Crippen molar-refractivity contribution in [3.05, 3.63) is 11.7 Å². The second kappa shape index (κ2) is 7.16. The van der Waals surface area contributed by atoms with Crippen LogP contribution < -0.4 is 5.32 Å². The topological polar surface area (TPSA) is 139 Å². The van der Waals surface area contributed by atoms with Gasteiger partial charge >= 0.3 is 5.97 Å². The quantitative estimate of drug-likeness (QED) is 0.642. The van der Waals surface area contributed by atoms with E-state index in [1.807, 2.05) is 0 Å². The van der Waals surface area contributed by atoms with Crippen molar-refractivity contribution in [1.82, 2.24) is 15.5 Å². The van der Waals surface area contributed by atoms with Crippen LogP contribution in [0.3, 0.4) is 0 Å². The molecule has 0 spiro atoms. The molecule has 0 saturated carbocycles. The van der Waals surface area contributed by atoms with Gasteiger partial charge in [0.15, 0.2) is 5.82 Å². The molecule has 1 atom stereocenters. The predicted molar refractivity (Wildman–Crippen MR) is 71.3 cm³/mol. The van der Waals surface area contributed by atoms with Crippen molar-refractivity contribution in [2.24, 2.45) is 0 Å². The highest BCUT2D eigenvalue weighted by atomic mass is 32.2. The Kier molecular flexibility index (Phi) is 5.82. The molecule has 118 valence electrons. The van der Waals surface area contributed by atoms with Crippen LogP contribution in [0.25, 0.3) is 0 Å². The molecule has 1 rings (SSSR count). The molecule has 0 aliphatic heterocycles. The molecule has 1 aromatic rings. The van der Waals surface area contributed by atoms with Crippen molar-refractivity contribution in [3.8, 4) is 0 Å². The third-order valence-corrected chi connectivity index (χ3v) is 3.52. The van der Waals surface area contributed by atoms with Gasteiger partial charge < -0.3 is 14.9 Å². The van der Waals surface area contributed by atoms with Crippen molar-refractivity contribution in [1.29, 1.82) is 0 Å². The molecule has 2 N–H and O–H groups in total. The smallest absolute Gasteiger partial charge is 0.326 e. The first-order valence-corrected chi connectivity index (χ1v) is 8.22. The summed E-state index contributed by atoms with van der Waals surface area (Å²) in [6, 6.07) is -1.24. The van der Waals surface area contributed by atoms with Gasteiger partial charge in [-0.15, -0.1) is 0 Å². The van der Waals surface area contributed by atoms with E-state index in [-0.39, 0.29) is 30.9 Å². The number of aromatic nitrogens is 2. The number of hydrogen-bond donors (Lipinski definition) is 2. The fourth-order valence-corrected chi connectivity index (χ4v) is 2.18. The second-order valence-corrected chi connectivity index (χ2v) is 6.87. The van der Waals surface area contributed by atoms with Crippen LogP contribution in [-0.4, -0.2) is 53.6 Å². The summed E-state index contributed by atoms with van der Waals surface area (Å²) in [5.41, 5.74) is 0. The molecule has 0 saturated heterocycles. The third-order valence-electron chi connectivity index (χ3n) is 2.55. The second-order valence-electron chi connectivity index (χ2n) is 4.61. The molecule has 0 fully saturated rings. The van der Waals surface area contributed by atoms with E-state index in [0.29, 0.717) is 5.82 Å². The van der Waals surface area contributed by atoms with Crippen molar-refractivity contribution in [2.75, 3.05) is 12.0 Å². The number of carboxylic acids is 1. The Morgan fingerprint density at radius 2 is 2.10 bits per heavy atom. The van der Waals surface area contributed by atoms with Crippen LogP contribution >= 0.6 is 0 Å². The summed E-state index contributed by atoms with van der Waals surface area (Å²) in [6.07, 6.45) is 0.987. The fraction of sp³-hybridized carbons (Fsp3) is 0.636. The zero-order chi connectivity index (χ0) is 16.0. The number of hydrogen-bond acceptors (Lipinski definition) is 7. The molecule has 0 aliphatic rings. The number of aryl methyl sites for hydroxylation is 2. The van der Waals surface area contributed by atoms with Gasteiger partial charge in [0.1, 0.15) is 15.9 Å². The molecule has 1 unspecified atom stereocenters. The number of nitrogens with zero attached hydrogens (tertiary/aromatic N) is 2. The number of carbonyl (C=O) groups excluding carboxylic acids is 1. The highest BCUT2D eigenvalue weighted by Gasteiger charge is 2.21. The first kappa shape index (κ1) is 17.1. The van der Waals surface area contributed by atoms with E-state index in [4.69, 9.17) is 9.63 Å². The third kappa shape index (κ3) is 6.84. The lowest BCUT2D eigenvalue weighted by molar-refractivity contribution is -0.141. The molecular weight excluding hydrogens is 302 g/mol. The molecule has 1 amide bonds. The average molecular weight is 319 g/mol. The SMILES string of the molecule is Cc1noc(CCC(=O)NC(CCS(C)(=O)=O)C(=O)O)n1. The lowest BCUT2D eigenvalue weighted by Gasteiger charge is -2.13. The minimum atomic E-state index is -3.29. The molecule has 0 radical (unpaired) electrons. The molecule has 9 nitrogen and oxygen atoms in total. The van der Waals surface area contributed by atoms with Crippen molar-refractivity contribution < 1.29 is 27.6 Å². The Morgan fingerprint density at radius 3 is 2.57 bits per heavy atom. The van der Waals surface area contributed by atoms with Gasteiger partial charge in [-0.3, -0.25) is 4.79 Å². The maximum absolute atomic E-state index is 11.6. The van der Waals surface area contributed by atoms with E-state index in [2.05, 4.69) is 15.5 Å². The van der Waals surface area contributed by atoms with Gasteiger partial charge in [-0.2, -0.15) is 4.98 Å². The Bertz CT molecular complexity index is 609. The van der Waals surface area contributed by atoms with Gasteiger partial charge in [0, 0.05) is 19.1 Å². The average Bonchev–Trinajstić information content (AvgIpc) is 2.76. The van der Waals surface area contributed by atoms with Crippen LogP contribution in [0.1, 0.15) is 24.6 Å². The monoisotopic (exact) mass is 319 g/mol. The van der Waals surface area contributed by atoms with Crippen LogP contribution in [0.2, 0.25) is 0 Å². The molecule has 0 bridgehead atoms. The summed E-state index contributed by atoms with van der Waals surface area (Å²) >= 11 is 0. The highest BCUT2D eigenvalue weighted by molar-refractivity contribution is 7.90. The van der Waals surface area contributed by atoms with Crippen LogP contribution in [-0.2, 0) is 25.8 Å². The number of carboxylic acid groups (broad SMARTS) is 1. The lowest BCUT2D eigenvalue weighted by Crippen LogP contribution is -2.42. The lowest BCUT2D eigenvalue weighted by atomic mass is 10.2. The number of amides is 1. The van der Waals surface area contributed by atoms with Crippen molar-refractivity contribution in [3.63, 3.8) is 0 Å². The molecule has 21 heavy (non-hydrogen) atoms. The summed E-state index contributed by atoms with van der Waals surface area (Å²) in [6.45, 7) is 1.64. The number of carbonyl (C=O) groups is 2. The van der Waals surface area contributed by atoms with Gasteiger partial charge in [0.05, 0.1) is 5.75 Å². The maximum Gasteiger partial charge on any atom is 0.326 e. The zero-order valence-corrected chi connectivity index (χ0v) is 12.5. The Hall–Kier alpha value is -1.97. The van der Waals surface area contributed by atoms with Crippen LogP contribution in [0.5, 0.6) is 0 Å². The molecule has 0 aromatic carbocycles. The fourth-order valence-electron chi connectivity index (χ4n) is 1.52. The Morgan fingerprint density at radius 1 is 1.43 bits per heavy atom. The van der Waals surface area contributed by atoms with Gasteiger partial charge in [-0.25, -0.2) is 13.2 Å². The van der Waals surface area contributed by atoms with E-state index >= 15 is 0 Å². The number of aliphatic carboxylic acids is 1. The van der Waals surface area contributed by atoms with Gasteiger partial charge in [-0.1, -0.05) is 5.16 Å². The van der Waals surface area contributed by atoms with Crippen LogP contribution in [0.4, 0.5) is 0 Å². The minimum absolute atomic E-state index is 0.0235. The number of nitrogens with one attached hydrogen (secondary N) is 1. The highest BCUT2D eigenvalue weighted by Crippen LogP contribution is 2.02. The zero-order valence-electron chi connectivity index (χ0n) is 11.7. The first-order chi connectivity index (χ1) is 9.67. The predicted octanol–water partition coefficient (Wildman–Crippen LogP) is -0.685. The molecule has 0 aliphatic carbocycles. The summed E-state index contributed by atoms with van der Waals surface area (Å²) in [7, 11) is -3.29. The standard InChI is InChI=1S/C11H17N3O6S/c1-7-12-10(20-14-7)4-3-9(15)13-8(11(16)17)5-6-21(2,18)19/h8H,3-6H2,1-2H3,(H,13,15)(H,16,17). The van der Waals surface area contributed by atoms with E-state index in [1.54, 1.807) is 6.92 Å². The summed E-state index contributed by atoms with van der Waals surface area (Å²) in [4.78, 5) is 26.5. The van der Waals surface area contributed by atoms with Crippen molar-refractivity contribution >= 4 is 21.7 Å². The summed E-state index contributed by atoms with van der Waals surface area (Å²) in [5, 5.41) is 14.8. The van der Waals surface area contributed by atoms with Crippen LogP contribution in [0, 0.1) is 6.92 Å². The van der Waals surface area contributed by atoms with Crippen molar-refractivity contribution in [2.45, 2.75) is 32.2 Å². The summed E-state index contributed by atoms with van der Waals surface area (Å²) < 4.78 is 26.9. The Balaban J connectivity index is 2.47.